The van der Waals surface area contributed by atoms with Crippen LogP contribution in [0.15, 0.2) is 47.6 Å². The Kier molecular flexibility index (Phi) is 10.6. The summed E-state index contributed by atoms with van der Waals surface area (Å²) in [6.07, 6.45) is 3.74. The van der Waals surface area contributed by atoms with Crippen LogP contribution in [-0.2, 0) is 28.9 Å². The van der Waals surface area contributed by atoms with Gasteiger partial charge in [-0.1, -0.05) is 23.9 Å². The SMILES string of the molecule is CCOC(=O)c1c(NC(=O)[C@H](C)Sc2nnc(CNC(=O)c3ccc(OC)c(OC)c3)n2-c2cccc(C)c2)sc2c1CCCC2. The normalized spacial score (nSPS) is 13.0. The summed E-state index contributed by atoms with van der Waals surface area (Å²) >= 11 is 2.70. The number of carbonyl (C=O) groups excluding carboxylic acids is 3. The topological polar surface area (TPSA) is 134 Å². The van der Waals surface area contributed by atoms with E-state index in [0.717, 1.165) is 47.4 Å². The minimum atomic E-state index is -0.587. The number of thioether (sulfide) groups is 1. The molecule has 11 nitrogen and oxygen atoms in total. The maximum atomic E-state index is 13.5. The van der Waals surface area contributed by atoms with Crippen molar-refractivity contribution >= 4 is 45.9 Å². The van der Waals surface area contributed by atoms with Crippen LogP contribution in [0, 0.1) is 6.92 Å². The number of hydrogen-bond acceptors (Lipinski definition) is 10. The molecule has 0 bridgehead atoms. The number of esters is 1. The Morgan fingerprint density at radius 3 is 2.57 bits per heavy atom. The molecule has 2 amide bonds. The molecule has 0 radical (unpaired) electrons. The maximum Gasteiger partial charge on any atom is 0.341 e. The van der Waals surface area contributed by atoms with Gasteiger partial charge < -0.3 is 24.8 Å². The van der Waals surface area contributed by atoms with Crippen molar-refractivity contribution in [3.8, 4) is 17.2 Å². The summed E-state index contributed by atoms with van der Waals surface area (Å²) in [4.78, 5) is 40.6. The fourth-order valence-corrected chi connectivity index (χ4v) is 7.42. The highest BCUT2D eigenvalue weighted by atomic mass is 32.2. The van der Waals surface area contributed by atoms with E-state index in [9.17, 15) is 14.4 Å². The van der Waals surface area contributed by atoms with Crippen LogP contribution in [0.5, 0.6) is 11.5 Å². The number of carbonyl (C=O) groups is 3. The average molecular weight is 664 g/mol. The Hall–Kier alpha value is -4.36. The van der Waals surface area contributed by atoms with Gasteiger partial charge in [0.2, 0.25) is 5.91 Å². The summed E-state index contributed by atoms with van der Waals surface area (Å²) in [6, 6.07) is 12.8. The van der Waals surface area contributed by atoms with Gasteiger partial charge in [-0.25, -0.2) is 4.79 Å². The van der Waals surface area contributed by atoms with Gasteiger partial charge in [-0.3, -0.25) is 14.2 Å². The zero-order valence-electron chi connectivity index (χ0n) is 26.5. The number of methoxy groups -OCH3 is 2. The number of ether oxygens (including phenoxy) is 3. The standard InChI is InChI=1S/C33H37N5O6S2/c1-6-44-32(41)28-23-12-7-8-13-26(23)46-31(28)35-29(39)20(3)45-33-37-36-27(38(33)22-11-9-10-19(2)16-22)18-34-30(40)21-14-15-24(42-4)25(17-21)43-5/h9-11,14-17,20H,6-8,12-13,18H2,1-5H3,(H,34,40)(H,35,39)/t20-/m0/s1. The van der Waals surface area contributed by atoms with Crippen molar-refractivity contribution in [3.63, 3.8) is 0 Å². The lowest BCUT2D eigenvalue weighted by Crippen LogP contribution is -2.25. The second-order valence-electron chi connectivity index (χ2n) is 10.7. The van der Waals surface area contributed by atoms with Gasteiger partial charge in [0.15, 0.2) is 22.5 Å². The molecule has 13 heteroatoms. The van der Waals surface area contributed by atoms with E-state index in [2.05, 4.69) is 20.8 Å². The van der Waals surface area contributed by atoms with E-state index in [-0.39, 0.29) is 25.0 Å². The number of aryl methyl sites for hydroxylation is 2. The van der Waals surface area contributed by atoms with Gasteiger partial charge in [-0.05, 0) is 87.9 Å². The molecule has 2 N–H and O–H groups in total. The summed E-state index contributed by atoms with van der Waals surface area (Å²) < 4.78 is 17.8. The van der Waals surface area contributed by atoms with Crippen LogP contribution in [0.25, 0.3) is 5.69 Å². The summed E-state index contributed by atoms with van der Waals surface area (Å²) in [5, 5.41) is 15.1. The van der Waals surface area contributed by atoms with Gasteiger partial charge in [0, 0.05) is 16.1 Å². The maximum absolute atomic E-state index is 13.5. The van der Waals surface area contributed by atoms with Crippen molar-refractivity contribution in [2.24, 2.45) is 0 Å². The van der Waals surface area contributed by atoms with Crippen molar-refractivity contribution in [3.05, 3.63) is 75.4 Å². The molecule has 2 aromatic heterocycles. The summed E-state index contributed by atoms with van der Waals surface area (Å²) in [5.41, 5.74) is 3.69. The first kappa shape index (κ1) is 33.0. The molecule has 2 heterocycles. The van der Waals surface area contributed by atoms with Gasteiger partial charge in [-0.15, -0.1) is 21.5 Å². The Morgan fingerprint density at radius 2 is 1.83 bits per heavy atom. The lowest BCUT2D eigenvalue weighted by Gasteiger charge is -2.15. The first-order chi connectivity index (χ1) is 22.2. The van der Waals surface area contributed by atoms with Gasteiger partial charge in [0.05, 0.1) is 38.2 Å². The number of hydrogen-bond donors (Lipinski definition) is 2. The molecule has 0 unspecified atom stereocenters. The van der Waals surface area contributed by atoms with E-state index >= 15 is 0 Å². The van der Waals surface area contributed by atoms with Crippen LogP contribution in [0.4, 0.5) is 5.00 Å². The molecule has 0 spiro atoms. The van der Waals surface area contributed by atoms with E-state index in [4.69, 9.17) is 14.2 Å². The zero-order chi connectivity index (χ0) is 32.8. The van der Waals surface area contributed by atoms with Gasteiger partial charge >= 0.3 is 5.97 Å². The Labute approximate surface area is 276 Å². The van der Waals surface area contributed by atoms with Gasteiger partial charge in [0.1, 0.15) is 5.00 Å². The predicted molar refractivity (Wildman–Crippen MR) is 178 cm³/mol. The third kappa shape index (κ3) is 7.20. The zero-order valence-corrected chi connectivity index (χ0v) is 28.1. The van der Waals surface area contributed by atoms with Crippen LogP contribution < -0.4 is 20.1 Å². The Balaban J connectivity index is 1.36. The van der Waals surface area contributed by atoms with Gasteiger partial charge in [0.25, 0.3) is 5.91 Å². The summed E-state index contributed by atoms with van der Waals surface area (Å²) in [5.74, 6) is 0.463. The molecular weight excluding hydrogens is 627 g/mol. The predicted octanol–water partition coefficient (Wildman–Crippen LogP) is 5.76. The number of benzene rings is 2. The highest BCUT2D eigenvalue weighted by molar-refractivity contribution is 8.00. The molecule has 1 aliphatic rings. The van der Waals surface area contributed by atoms with Crippen molar-refractivity contribution < 1.29 is 28.6 Å². The van der Waals surface area contributed by atoms with E-state index in [1.165, 1.54) is 37.3 Å². The number of thiophene rings is 1. The van der Waals surface area contributed by atoms with E-state index in [1.807, 2.05) is 35.8 Å². The number of rotatable bonds is 12. The minimum absolute atomic E-state index is 0.0822. The second kappa shape index (κ2) is 14.8. The first-order valence-corrected chi connectivity index (χ1v) is 16.7. The largest absolute Gasteiger partial charge is 0.493 e. The van der Waals surface area contributed by atoms with Crippen molar-refractivity contribution in [2.45, 2.75) is 63.4 Å². The molecule has 1 aliphatic carbocycles. The molecule has 0 aliphatic heterocycles. The Bertz CT molecular complexity index is 1750. The molecule has 0 saturated heterocycles. The molecule has 242 valence electrons. The molecular formula is C33H37N5O6S2. The molecule has 4 aromatic rings. The molecule has 5 rings (SSSR count). The quantitative estimate of drug-likeness (QED) is 0.143. The fraction of sp³-hybridized carbons (Fsp3) is 0.364. The average Bonchev–Trinajstić information content (AvgIpc) is 3.63. The molecule has 2 aromatic carbocycles. The number of nitrogens with one attached hydrogen (secondary N) is 2. The number of anilines is 1. The number of fused-ring (bicyclic) bond motifs is 1. The molecule has 1 atom stereocenters. The Morgan fingerprint density at radius 1 is 1.04 bits per heavy atom. The van der Waals surface area contributed by atoms with E-state index < -0.39 is 11.2 Å². The summed E-state index contributed by atoms with van der Waals surface area (Å²) in [6.45, 7) is 5.88. The third-order valence-electron chi connectivity index (χ3n) is 7.55. The van der Waals surface area contributed by atoms with Crippen LogP contribution in [-0.4, -0.2) is 58.6 Å². The van der Waals surface area contributed by atoms with Crippen LogP contribution in [0.2, 0.25) is 0 Å². The summed E-state index contributed by atoms with van der Waals surface area (Å²) in [7, 11) is 3.04. The fourth-order valence-electron chi connectivity index (χ4n) is 5.25. The second-order valence-corrected chi connectivity index (χ2v) is 13.1. The van der Waals surface area contributed by atoms with E-state index in [1.54, 1.807) is 32.0 Å². The lowest BCUT2D eigenvalue weighted by atomic mass is 9.95. The number of aromatic nitrogens is 3. The number of nitrogens with zero attached hydrogens (tertiary/aromatic N) is 3. The monoisotopic (exact) mass is 663 g/mol. The van der Waals surface area contributed by atoms with Crippen LogP contribution >= 0.6 is 23.1 Å². The molecule has 0 fully saturated rings. The van der Waals surface area contributed by atoms with Crippen molar-refractivity contribution in [2.75, 3.05) is 26.1 Å². The molecule has 46 heavy (non-hydrogen) atoms. The third-order valence-corrected chi connectivity index (χ3v) is 9.80. The highest BCUT2D eigenvalue weighted by Crippen LogP contribution is 2.39. The number of amides is 2. The van der Waals surface area contributed by atoms with Crippen LogP contribution in [0.1, 0.15) is 69.2 Å². The smallest absolute Gasteiger partial charge is 0.341 e. The molecule has 0 saturated carbocycles. The highest BCUT2D eigenvalue weighted by Gasteiger charge is 2.29. The van der Waals surface area contributed by atoms with Crippen molar-refractivity contribution in [1.82, 2.24) is 20.1 Å². The minimum Gasteiger partial charge on any atom is -0.493 e. The lowest BCUT2D eigenvalue weighted by molar-refractivity contribution is -0.115. The van der Waals surface area contributed by atoms with Crippen molar-refractivity contribution in [1.29, 1.82) is 0 Å². The first-order valence-electron chi connectivity index (χ1n) is 15.0. The van der Waals surface area contributed by atoms with Gasteiger partial charge in [-0.2, -0.15) is 0 Å². The van der Waals surface area contributed by atoms with Crippen LogP contribution in [0.3, 0.4) is 0 Å². The van der Waals surface area contributed by atoms with E-state index in [0.29, 0.717) is 38.6 Å².